The molecule has 0 saturated carbocycles. The Morgan fingerprint density at radius 3 is 2.46 bits per heavy atom. The summed E-state index contributed by atoms with van der Waals surface area (Å²) < 4.78 is 0.867. The molecule has 35 heavy (non-hydrogen) atoms. The van der Waals surface area contributed by atoms with Gasteiger partial charge < -0.3 is 5.11 Å². The number of ketones is 1. The molecule has 1 aliphatic rings. The number of carbonyl (C=O) groups is 2. The van der Waals surface area contributed by atoms with Gasteiger partial charge in [0.25, 0.3) is 11.5 Å². The molecule has 1 amide bonds. The number of aromatic nitrogens is 1. The number of nitrogens with zero attached hydrogens (tertiary/aromatic N) is 3. The van der Waals surface area contributed by atoms with Crippen molar-refractivity contribution in [1.29, 1.82) is 0 Å². The Balaban J connectivity index is 1.71. The van der Waals surface area contributed by atoms with E-state index in [-0.39, 0.29) is 17.0 Å². The quantitative estimate of drug-likeness (QED) is 0.133. The van der Waals surface area contributed by atoms with Gasteiger partial charge in [-0.25, -0.2) is 4.98 Å². The number of carbonyl (C=O) groups excluding carboxylic acids is 2. The Kier molecular flexibility index (Phi) is 5.62. The minimum Gasteiger partial charge on any atom is -0.507 e. The SMILES string of the molecule is CCc1ccc2nc(N3C(=O)C(=O)/C(=C(/O)c4ccccc4)[C@H]3c3ccc([N+](=O)[O-])cc3)sc2c1. The van der Waals surface area contributed by atoms with E-state index in [1.165, 1.54) is 40.5 Å². The minimum atomic E-state index is -0.998. The van der Waals surface area contributed by atoms with Crippen molar-refractivity contribution in [2.75, 3.05) is 4.90 Å². The summed E-state index contributed by atoms with van der Waals surface area (Å²) in [5, 5.41) is 22.6. The van der Waals surface area contributed by atoms with E-state index in [0.29, 0.717) is 21.8 Å². The maximum absolute atomic E-state index is 13.3. The molecule has 0 aliphatic carbocycles. The Morgan fingerprint density at radius 2 is 1.80 bits per heavy atom. The zero-order valence-electron chi connectivity index (χ0n) is 18.5. The number of non-ortho nitro benzene ring substituents is 1. The van der Waals surface area contributed by atoms with Gasteiger partial charge in [-0.3, -0.25) is 24.6 Å². The molecule has 1 aliphatic heterocycles. The summed E-state index contributed by atoms with van der Waals surface area (Å²) in [4.78, 5) is 43.0. The van der Waals surface area contributed by atoms with Gasteiger partial charge in [-0.1, -0.05) is 54.7 Å². The smallest absolute Gasteiger partial charge is 0.301 e. The summed E-state index contributed by atoms with van der Waals surface area (Å²) in [6.45, 7) is 2.04. The molecule has 1 aromatic heterocycles. The van der Waals surface area contributed by atoms with Gasteiger partial charge in [-0.05, 0) is 41.8 Å². The van der Waals surface area contributed by atoms with Crippen molar-refractivity contribution in [3.05, 3.63) is 105 Å². The van der Waals surface area contributed by atoms with E-state index in [9.17, 15) is 24.8 Å². The van der Waals surface area contributed by atoms with Crippen LogP contribution < -0.4 is 4.90 Å². The van der Waals surface area contributed by atoms with Gasteiger partial charge in [0, 0.05) is 17.7 Å². The molecule has 0 unspecified atom stereocenters. The van der Waals surface area contributed by atoms with Crippen LogP contribution >= 0.6 is 11.3 Å². The lowest BCUT2D eigenvalue weighted by Gasteiger charge is -2.22. The van der Waals surface area contributed by atoms with E-state index in [1.54, 1.807) is 30.3 Å². The van der Waals surface area contributed by atoms with Gasteiger partial charge in [-0.2, -0.15) is 0 Å². The van der Waals surface area contributed by atoms with Crippen molar-refractivity contribution in [1.82, 2.24) is 4.98 Å². The number of fused-ring (bicyclic) bond motifs is 1. The van der Waals surface area contributed by atoms with Crippen LogP contribution in [-0.2, 0) is 16.0 Å². The molecular formula is C26H19N3O5S. The lowest BCUT2D eigenvalue weighted by molar-refractivity contribution is -0.384. The number of aliphatic hydroxyl groups is 1. The van der Waals surface area contributed by atoms with Gasteiger partial charge in [0.05, 0.1) is 26.8 Å². The van der Waals surface area contributed by atoms with Crippen molar-refractivity contribution >= 4 is 49.8 Å². The van der Waals surface area contributed by atoms with Crippen molar-refractivity contribution in [3.63, 3.8) is 0 Å². The first-order valence-electron chi connectivity index (χ1n) is 10.9. The highest BCUT2D eigenvalue weighted by Gasteiger charge is 2.48. The van der Waals surface area contributed by atoms with Crippen LogP contribution in [0.2, 0.25) is 0 Å². The number of anilines is 1. The van der Waals surface area contributed by atoms with Crippen molar-refractivity contribution in [3.8, 4) is 0 Å². The Morgan fingerprint density at radius 1 is 1.09 bits per heavy atom. The van der Waals surface area contributed by atoms with E-state index in [4.69, 9.17) is 0 Å². The fourth-order valence-electron chi connectivity index (χ4n) is 4.15. The van der Waals surface area contributed by atoms with Crippen LogP contribution in [0.1, 0.15) is 29.7 Å². The van der Waals surface area contributed by atoms with Gasteiger partial charge in [0.2, 0.25) is 0 Å². The lowest BCUT2D eigenvalue weighted by Crippen LogP contribution is -2.29. The molecule has 1 fully saturated rings. The third kappa shape index (κ3) is 3.85. The van der Waals surface area contributed by atoms with Crippen LogP contribution in [0.25, 0.3) is 16.0 Å². The molecule has 5 rings (SSSR count). The Hall–Kier alpha value is -4.37. The molecule has 1 N–H and O–H groups in total. The second-order valence-corrected chi connectivity index (χ2v) is 9.04. The maximum atomic E-state index is 13.3. The molecular weight excluding hydrogens is 466 g/mol. The van der Waals surface area contributed by atoms with Crippen molar-refractivity contribution in [2.24, 2.45) is 0 Å². The average molecular weight is 486 g/mol. The van der Waals surface area contributed by atoms with Crippen LogP contribution in [0.3, 0.4) is 0 Å². The highest BCUT2D eigenvalue weighted by atomic mass is 32.1. The average Bonchev–Trinajstić information content (AvgIpc) is 3.41. The summed E-state index contributed by atoms with van der Waals surface area (Å²) in [5.41, 5.74) is 2.42. The molecule has 8 nitrogen and oxygen atoms in total. The molecule has 1 saturated heterocycles. The number of rotatable bonds is 5. The number of benzene rings is 3. The highest BCUT2D eigenvalue weighted by molar-refractivity contribution is 7.22. The monoisotopic (exact) mass is 485 g/mol. The zero-order valence-corrected chi connectivity index (χ0v) is 19.4. The molecule has 9 heteroatoms. The van der Waals surface area contributed by atoms with Crippen molar-refractivity contribution in [2.45, 2.75) is 19.4 Å². The fraction of sp³-hybridized carbons (Fsp3) is 0.115. The van der Waals surface area contributed by atoms with Gasteiger partial charge in [0.1, 0.15) is 5.76 Å². The number of aryl methyl sites for hydroxylation is 1. The predicted molar refractivity (Wildman–Crippen MR) is 133 cm³/mol. The zero-order chi connectivity index (χ0) is 24.7. The summed E-state index contributed by atoms with van der Waals surface area (Å²) in [6.07, 6.45) is 0.841. The summed E-state index contributed by atoms with van der Waals surface area (Å²) in [6, 6.07) is 18.9. The summed E-state index contributed by atoms with van der Waals surface area (Å²) in [7, 11) is 0. The first-order valence-corrected chi connectivity index (χ1v) is 11.7. The van der Waals surface area contributed by atoms with Gasteiger partial charge in [0.15, 0.2) is 5.13 Å². The first kappa shape index (κ1) is 22.4. The second-order valence-electron chi connectivity index (χ2n) is 8.04. The number of aliphatic hydroxyl groups excluding tert-OH is 1. The number of nitro benzene ring substituents is 1. The molecule has 0 spiro atoms. The topological polar surface area (TPSA) is 114 Å². The fourth-order valence-corrected chi connectivity index (χ4v) is 5.21. The lowest BCUT2D eigenvalue weighted by atomic mass is 9.95. The largest absolute Gasteiger partial charge is 0.507 e. The maximum Gasteiger partial charge on any atom is 0.301 e. The van der Waals surface area contributed by atoms with Crippen LogP contribution in [0, 0.1) is 10.1 Å². The van der Waals surface area contributed by atoms with Crippen LogP contribution in [0.5, 0.6) is 0 Å². The van der Waals surface area contributed by atoms with E-state index in [0.717, 1.165) is 16.7 Å². The molecule has 174 valence electrons. The minimum absolute atomic E-state index is 0.0939. The van der Waals surface area contributed by atoms with Crippen molar-refractivity contribution < 1.29 is 19.6 Å². The van der Waals surface area contributed by atoms with Crippen LogP contribution in [0.15, 0.2) is 78.4 Å². The normalized spacial score (nSPS) is 17.3. The first-order chi connectivity index (χ1) is 16.9. The number of hydrogen-bond donors (Lipinski definition) is 1. The van der Waals surface area contributed by atoms with E-state index < -0.39 is 22.7 Å². The number of thiazole rings is 1. The van der Waals surface area contributed by atoms with Crippen LogP contribution in [-0.4, -0.2) is 26.7 Å². The summed E-state index contributed by atoms with van der Waals surface area (Å²) in [5.74, 6) is -1.98. The third-order valence-electron chi connectivity index (χ3n) is 5.97. The third-order valence-corrected chi connectivity index (χ3v) is 6.98. The summed E-state index contributed by atoms with van der Waals surface area (Å²) >= 11 is 1.28. The highest BCUT2D eigenvalue weighted by Crippen LogP contribution is 2.44. The number of nitro groups is 1. The Labute approximate surface area is 203 Å². The Bertz CT molecular complexity index is 1510. The second kappa shape index (κ2) is 8.77. The number of amides is 1. The number of Topliss-reactive ketones (excluding diaryl/α,β-unsaturated/α-hetero) is 1. The van der Waals surface area contributed by atoms with E-state index in [1.807, 2.05) is 25.1 Å². The molecule has 0 radical (unpaired) electrons. The molecule has 2 heterocycles. The standard InChI is InChI=1S/C26H19N3O5S/c1-2-15-8-13-19-20(14-15)35-26(27-19)28-22(16-9-11-18(12-10-16)29(33)34)21(24(31)25(28)32)23(30)17-6-4-3-5-7-17/h3-14,22,30H,2H2,1H3/b23-21+/t22-/m1/s1. The molecule has 4 aromatic rings. The molecule has 0 bridgehead atoms. The van der Waals surface area contributed by atoms with E-state index in [2.05, 4.69) is 4.98 Å². The van der Waals surface area contributed by atoms with Crippen LogP contribution in [0.4, 0.5) is 10.8 Å². The van der Waals surface area contributed by atoms with Gasteiger partial charge >= 0.3 is 5.91 Å². The molecule has 3 aromatic carbocycles. The number of hydrogen-bond acceptors (Lipinski definition) is 7. The van der Waals surface area contributed by atoms with Gasteiger partial charge in [-0.15, -0.1) is 0 Å². The molecule has 1 atom stereocenters. The van der Waals surface area contributed by atoms with E-state index >= 15 is 0 Å². The predicted octanol–water partition coefficient (Wildman–Crippen LogP) is 5.39.